The van der Waals surface area contributed by atoms with Crippen LogP contribution in [-0.4, -0.2) is 33.4 Å². The maximum atomic E-state index is 11.6. The zero-order valence-corrected chi connectivity index (χ0v) is 14.2. The molecule has 0 radical (unpaired) electrons. The lowest BCUT2D eigenvalue weighted by atomic mass is 10.2. The minimum atomic E-state index is -1.08. The number of carboxylic acids is 1. The minimum absolute atomic E-state index is 0.0600. The third-order valence-electron chi connectivity index (χ3n) is 3.20. The first-order chi connectivity index (χ1) is 11.6. The van der Waals surface area contributed by atoms with Crippen LogP contribution in [0.5, 0.6) is 0 Å². The topological polar surface area (TPSA) is 96.3 Å². The molecule has 0 bridgehead atoms. The van der Waals surface area contributed by atoms with Gasteiger partial charge < -0.3 is 10.4 Å². The molecule has 1 heterocycles. The van der Waals surface area contributed by atoms with Crippen LogP contribution in [0.1, 0.15) is 35.7 Å². The Bertz CT molecular complexity index is 688. The average Bonchev–Trinajstić information content (AvgIpc) is 2.97. The van der Waals surface area contributed by atoms with Gasteiger partial charge in [0.05, 0.1) is 6.54 Å². The van der Waals surface area contributed by atoms with Gasteiger partial charge >= 0.3 is 12.0 Å². The lowest BCUT2D eigenvalue weighted by Gasteiger charge is -2.05. The molecule has 2 aromatic rings. The van der Waals surface area contributed by atoms with Gasteiger partial charge in [-0.3, -0.25) is 9.40 Å². The summed E-state index contributed by atoms with van der Waals surface area (Å²) in [4.78, 5) is 23.0. The lowest BCUT2D eigenvalue weighted by molar-refractivity contribution is 0.0693. The van der Waals surface area contributed by atoms with Crippen LogP contribution in [-0.2, 0) is 6.54 Å². The van der Waals surface area contributed by atoms with Gasteiger partial charge in [-0.15, -0.1) is 0 Å². The first kappa shape index (κ1) is 17.9. The molecule has 3 N–H and O–H groups in total. The number of nitrogens with one attached hydrogen (secondary N) is 2. The van der Waals surface area contributed by atoms with E-state index in [1.165, 1.54) is 6.20 Å². The Morgan fingerprint density at radius 3 is 2.71 bits per heavy atom. The van der Waals surface area contributed by atoms with Crippen LogP contribution in [0, 0.1) is 0 Å². The molecule has 0 fully saturated rings. The molecular formula is C16H20N4O3S. The predicted molar refractivity (Wildman–Crippen MR) is 92.0 cm³/mol. The maximum absolute atomic E-state index is 11.6. The fourth-order valence-corrected chi connectivity index (χ4v) is 2.64. The summed E-state index contributed by atoms with van der Waals surface area (Å²) in [7, 11) is 0. The van der Waals surface area contributed by atoms with Crippen molar-refractivity contribution in [1.82, 2.24) is 19.8 Å². The second-order valence-electron chi connectivity index (χ2n) is 5.15. The number of benzene rings is 1. The number of unbranched alkanes of at least 4 members (excludes halogenated alkanes) is 1. The lowest BCUT2D eigenvalue weighted by Crippen LogP contribution is -2.32. The van der Waals surface area contributed by atoms with Crippen molar-refractivity contribution in [3.63, 3.8) is 0 Å². The number of aromatic carboxylic acids is 1. The second-order valence-corrected chi connectivity index (χ2v) is 5.94. The number of carbonyl (C=O) groups excluding carboxylic acids is 1. The Balaban J connectivity index is 2.00. The normalized spacial score (nSPS) is 10.4. The van der Waals surface area contributed by atoms with Gasteiger partial charge in [0.2, 0.25) is 0 Å². The standard InChI is InChI=1S/C16H20N4O3S/c1-2-3-9-17-16(23)19-24-14-13(15(21)22)11-20(18-14)10-12-7-5-4-6-8-12/h4-8,11H,2-3,9-10H2,1H3,(H,21,22)(H2,17,19,23). The highest BCUT2D eigenvalue weighted by atomic mass is 32.2. The number of amides is 2. The highest BCUT2D eigenvalue weighted by Gasteiger charge is 2.17. The third-order valence-corrected chi connectivity index (χ3v) is 3.98. The summed E-state index contributed by atoms with van der Waals surface area (Å²) in [6, 6.07) is 9.26. The fraction of sp³-hybridized carbons (Fsp3) is 0.312. The molecule has 0 spiro atoms. The van der Waals surface area contributed by atoms with E-state index in [1.807, 2.05) is 37.3 Å². The van der Waals surface area contributed by atoms with Gasteiger partial charge in [-0.1, -0.05) is 43.7 Å². The predicted octanol–water partition coefficient (Wildman–Crippen LogP) is 2.74. The smallest absolute Gasteiger partial charge is 0.340 e. The Labute approximate surface area is 144 Å². The van der Waals surface area contributed by atoms with Crippen molar-refractivity contribution in [2.75, 3.05) is 6.54 Å². The Morgan fingerprint density at radius 1 is 1.29 bits per heavy atom. The average molecular weight is 348 g/mol. The maximum Gasteiger partial charge on any atom is 0.340 e. The highest BCUT2D eigenvalue weighted by molar-refractivity contribution is 7.98. The first-order valence-electron chi connectivity index (χ1n) is 7.65. The van der Waals surface area contributed by atoms with Crippen LogP contribution in [0.25, 0.3) is 0 Å². The Morgan fingerprint density at radius 2 is 2.04 bits per heavy atom. The summed E-state index contributed by atoms with van der Waals surface area (Å²) in [6.07, 6.45) is 3.35. The first-order valence-corrected chi connectivity index (χ1v) is 8.47. The minimum Gasteiger partial charge on any atom is -0.478 e. The number of rotatable bonds is 8. The highest BCUT2D eigenvalue weighted by Crippen LogP contribution is 2.19. The van der Waals surface area contributed by atoms with Crippen LogP contribution in [0.4, 0.5) is 4.79 Å². The molecule has 0 unspecified atom stereocenters. The van der Waals surface area contributed by atoms with E-state index in [2.05, 4.69) is 15.1 Å². The number of hydrogen-bond donors (Lipinski definition) is 3. The summed E-state index contributed by atoms with van der Waals surface area (Å²) in [5.74, 6) is -1.08. The number of aromatic nitrogens is 2. The molecule has 0 aliphatic carbocycles. The Kier molecular flexibility index (Phi) is 6.68. The molecule has 2 amide bonds. The van der Waals surface area contributed by atoms with E-state index in [-0.39, 0.29) is 16.6 Å². The Hall–Kier alpha value is -2.48. The van der Waals surface area contributed by atoms with Gasteiger partial charge in [-0.2, -0.15) is 5.10 Å². The molecule has 0 aliphatic rings. The summed E-state index contributed by atoms with van der Waals surface area (Å²) in [6.45, 7) is 3.08. The van der Waals surface area contributed by atoms with E-state index in [1.54, 1.807) is 4.68 Å². The summed E-state index contributed by atoms with van der Waals surface area (Å²) in [5.41, 5.74) is 1.07. The molecule has 1 aromatic heterocycles. The zero-order chi connectivity index (χ0) is 17.4. The molecule has 8 heteroatoms. The largest absolute Gasteiger partial charge is 0.478 e. The molecular weight excluding hydrogens is 328 g/mol. The molecule has 0 aliphatic heterocycles. The molecule has 7 nitrogen and oxygen atoms in total. The van der Waals surface area contributed by atoms with E-state index in [0.717, 1.165) is 30.4 Å². The molecule has 0 saturated carbocycles. The quantitative estimate of drug-likeness (QED) is 0.503. The summed E-state index contributed by atoms with van der Waals surface area (Å²) >= 11 is 0.898. The molecule has 128 valence electrons. The van der Waals surface area contributed by atoms with E-state index in [4.69, 9.17) is 0 Å². The number of carbonyl (C=O) groups is 2. The van der Waals surface area contributed by atoms with Crippen molar-refractivity contribution in [3.8, 4) is 0 Å². The van der Waals surface area contributed by atoms with Gasteiger partial charge in [0.25, 0.3) is 0 Å². The molecule has 24 heavy (non-hydrogen) atoms. The number of hydrogen-bond acceptors (Lipinski definition) is 4. The van der Waals surface area contributed by atoms with E-state index in [9.17, 15) is 14.7 Å². The van der Waals surface area contributed by atoms with Gasteiger partial charge in [0, 0.05) is 24.7 Å². The van der Waals surface area contributed by atoms with Gasteiger partial charge in [0.1, 0.15) is 5.56 Å². The van der Waals surface area contributed by atoms with Crippen LogP contribution < -0.4 is 10.0 Å². The van der Waals surface area contributed by atoms with Gasteiger partial charge in [-0.25, -0.2) is 9.59 Å². The van der Waals surface area contributed by atoms with Crippen LogP contribution >= 0.6 is 11.9 Å². The number of carboxylic acid groups (broad SMARTS) is 1. The monoisotopic (exact) mass is 348 g/mol. The molecule has 2 rings (SSSR count). The van der Waals surface area contributed by atoms with Crippen molar-refractivity contribution in [3.05, 3.63) is 47.7 Å². The third kappa shape index (κ3) is 5.31. The zero-order valence-electron chi connectivity index (χ0n) is 13.4. The van der Waals surface area contributed by atoms with Gasteiger partial charge in [-0.05, 0) is 12.0 Å². The second kappa shape index (κ2) is 8.97. The van der Waals surface area contributed by atoms with Crippen LogP contribution in [0.15, 0.2) is 41.6 Å². The van der Waals surface area contributed by atoms with Crippen molar-refractivity contribution in [2.45, 2.75) is 31.3 Å². The number of urea groups is 1. The molecule has 1 aromatic carbocycles. The van der Waals surface area contributed by atoms with Crippen molar-refractivity contribution < 1.29 is 14.7 Å². The van der Waals surface area contributed by atoms with E-state index >= 15 is 0 Å². The SMILES string of the molecule is CCCCNC(=O)NSc1nn(Cc2ccccc2)cc1C(=O)O. The molecule has 0 saturated heterocycles. The van der Waals surface area contributed by atoms with E-state index in [0.29, 0.717) is 13.1 Å². The van der Waals surface area contributed by atoms with Crippen LogP contribution in [0.3, 0.4) is 0 Å². The van der Waals surface area contributed by atoms with Crippen molar-refractivity contribution in [1.29, 1.82) is 0 Å². The summed E-state index contributed by atoms with van der Waals surface area (Å²) < 4.78 is 4.11. The van der Waals surface area contributed by atoms with Crippen molar-refractivity contribution >= 4 is 23.9 Å². The molecule has 0 atom stereocenters. The number of nitrogens with zero attached hydrogens (tertiary/aromatic N) is 2. The van der Waals surface area contributed by atoms with Gasteiger partial charge in [0.15, 0.2) is 5.03 Å². The van der Waals surface area contributed by atoms with E-state index < -0.39 is 5.97 Å². The summed E-state index contributed by atoms with van der Waals surface area (Å²) in [5, 5.41) is 16.5. The van der Waals surface area contributed by atoms with Crippen LogP contribution in [0.2, 0.25) is 0 Å². The fourth-order valence-electron chi connectivity index (χ4n) is 1.99. The van der Waals surface area contributed by atoms with Crippen molar-refractivity contribution in [2.24, 2.45) is 0 Å².